The molecule has 0 spiro atoms. The number of carboxylic acid groups (broad SMARTS) is 1. The molecule has 1 aromatic rings. The van der Waals surface area contributed by atoms with E-state index in [4.69, 9.17) is 14.9 Å². The van der Waals surface area contributed by atoms with E-state index in [0.29, 0.717) is 12.2 Å². The number of carbonyl (C=O) groups excluding carboxylic acids is 1. The molecule has 1 rings (SSSR count). The van der Waals surface area contributed by atoms with Crippen molar-refractivity contribution in [1.29, 1.82) is 0 Å². The minimum atomic E-state index is -1.06. The lowest BCUT2D eigenvalue weighted by Crippen LogP contribution is -2.46. The van der Waals surface area contributed by atoms with E-state index in [9.17, 15) is 9.59 Å². The molecule has 6 nitrogen and oxygen atoms in total. The molecule has 110 valence electrons. The molecule has 2 atom stereocenters. The van der Waals surface area contributed by atoms with Crippen molar-refractivity contribution < 1.29 is 24.5 Å². The lowest BCUT2D eigenvalue weighted by molar-refractivity contribution is -0.143. The molecule has 0 bridgehead atoms. The molecule has 0 unspecified atom stereocenters. The van der Waals surface area contributed by atoms with Gasteiger partial charge in [0.1, 0.15) is 17.5 Å². The summed E-state index contributed by atoms with van der Waals surface area (Å²) < 4.78 is 5.20. The van der Waals surface area contributed by atoms with E-state index in [1.54, 1.807) is 6.92 Å². The maximum Gasteiger partial charge on any atom is 0.326 e. The third-order valence-corrected chi connectivity index (χ3v) is 3.00. The van der Waals surface area contributed by atoms with Crippen molar-refractivity contribution in [2.24, 2.45) is 5.92 Å². The molecular formula is C14H19NO5. The molecule has 20 heavy (non-hydrogen) atoms. The summed E-state index contributed by atoms with van der Waals surface area (Å²) in [6.45, 7) is 3.35. The van der Waals surface area contributed by atoms with Crippen LogP contribution in [0.3, 0.4) is 0 Å². The summed E-state index contributed by atoms with van der Waals surface area (Å²) >= 11 is 0. The quantitative estimate of drug-likeness (QED) is 0.702. The normalized spacial score (nSPS) is 13.3. The Bertz CT molecular complexity index is 457. The lowest BCUT2D eigenvalue weighted by atomic mass is 9.99. The molecular weight excluding hydrogens is 262 g/mol. The molecule has 6 heteroatoms. The van der Waals surface area contributed by atoms with Gasteiger partial charge in [-0.1, -0.05) is 20.3 Å². The second-order valence-electron chi connectivity index (χ2n) is 4.55. The van der Waals surface area contributed by atoms with E-state index in [-0.39, 0.29) is 18.3 Å². The molecule has 0 aliphatic rings. The van der Waals surface area contributed by atoms with Crippen LogP contribution in [0.5, 0.6) is 11.5 Å². The zero-order valence-corrected chi connectivity index (χ0v) is 11.5. The molecule has 1 aromatic carbocycles. The largest absolute Gasteiger partial charge is 0.508 e. The van der Waals surface area contributed by atoms with Crippen LogP contribution in [0, 0.1) is 5.92 Å². The Morgan fingerprint density at radius 1 is 1.30 bits per heavy atom. The number of phenols is 1. The van der Waals surface area contributed by atoms with Gasteiger partial charge in [0.05, 0.1) is 0 Å². The number of benzene rings is 1. The van der Waals surface area contributed by atoms with Gasteiger partial charge >= 0.3 is 5.97 Å². The minimum Gasteiger partial charge on any atom is -0.508 e. The molecule has 0 radical (unpaired) electrons. The van der Waals surface area contributed by atoms with Crippen LogP contribution in [0.1, 0.15) is 20.3 Å². The van der Waals surface area contributed by atoms with Crippen molar-refractivity contribution >= 4 is 11.9 Å². The second-order valence-corrected chi connectivity index (χ2v) is 4.55. The van der Waals surface area contributed by atoms with E-state index >= 15 is 0 Å². The number of hydrogen-bond donors (Lipinski definition) is 3. The first kappa shape index (κ1) is 15.8. The second kappa shape index (κ2) is 7.37. The average molecular weight is 281 g/mol. The number of rotatable bonds is 7. The van der Waals surface area contributed by atoms with Crippen LogP contribution in [0.15, 0.2) is 24.3 Å². The molecule has 1 amide bonds. The zero-order valence-electron chi connectivity index (χ0n) is 11.5. The highest BCUT2D eigenvalue weighted by Gasteiger charge is 2.25. The van der Waals surface area contributed by atoms with Gasteiger partial charge in [-0.2, -0.15) is 0 Å². The molecule has 0 aliphatic heterocycles. The van der Waals surface area contributed by atoms with Gasteiger partial charge in [-0.15, -0.1) is 0 Å². The number of ether oxygens (including phenoxy) is 1. The van der Waals surface area contributed by atoms with Gasteiger partial charge in [-0.25, -0.2) is 4.79 Å². The Balaban J connectivity index is 2.49. The number of aliphatic carboxylic acids is 1. The summed E-state index contributed by atoms with van der Waals surface area (Å²) in [7, 11) is 0. The average Bonchev–Trinajstić information content (AvgIpc) is 2.43. The highest BCUT2D eigenvalue weighted by atomic mass is 16.5. The van der Waals surface area contributed by atoms with E-state index in [0.717, 1.165) is 0 Å². The first-order chi connectivity index (χ1) is 9.43. The van der Waals surface area contributed by atoms with E-state index in [2.05, 4.69) is 5.32 Å². The van der Waals surface area contributed by atoms with Crippen LogP contribution in [-0.4, -0.2) is 34.7 Å². The highest BCUT2D eigenvalue weighted by molar-refractivity contribution is 5.84. The monoisotopic (exact) mass is 281 g/mol. The smallest absolute Gasteiger partial charge is 0.326 e. The number of carbonyl (C=O) groups is 2. The molecule has 0 saturated heterocycles. The standard InChI is InChI=1S/C14H19NO5/c1-3-9(2)13(14(18)19)15-12(17)8-20-11-6-4-10(16)5-7-11/h4-7,9,13,16H,3,8H2,1-2H3,(H,15,17)(H,18,19)/t9-,13-/m0/s1. The number of aromatic hydroxyl groups is 1. The maximum atomic E-state index is 11.7. The third-order valence-electron chi connectivity index (χ3n) is 3.00. The Morgan fingerprint density at radius 2 is 1.90 bits per heavy atom. The Morgan fingerprint density at radius 3 is 2.40 bits per heavy atom. The molecule has 0 aliphatic carbocycles. The van der Waals surface area contributed by atoms with Gasteiger partial charge in [0.25, 0.3) is 5.91 Å². The summed E-state index contributed by atoms with van der Waals surface area (Å²) in [5.74, 6) is -1.19. The summed E-state index contributed by atoms with van der Waals surface area (Å²) in [6.07, 6.45) is 0.649. The molecule has 0 fully saturated rings. The molecule has 3 N–H and O–H groups in total. The summed E-state index contributed by atoms with van der Waals surface area (Å²) in [6, 6.07) is 4.99. The van der Waals surface area contributed by atoms with Crippen LogP contribution in [0.4, 0.5) is 0 Å². The van der Waals surface area contributed by atoms with Gasteiger partial charge in [0.15, 0.2) is 6.61 Å². The first-order valence-corrected chi connectivity index (χ1v) is 6.38. The predicted octanol–water partition coefficient (Wildman–Crippen LogP) is 1.39. The zero-order chi connectivity index (χ0) is 15.1. The first-order valence-electron chi connectivity index (χ1n) is 6.38. The van der Waals surface area contributed by atoms with Crippen molar-refractivity contribution in [3.63, 3.8) is 0 Å². The topological polar surface area (TPSA) is 95.9 Å². The summed E-state index contributed by atoms with van der Waals surface area (Å²) in [5.41, 5.74) is 0. The SMILES string of the molecule is CC[C@H](C)[C@H](NC(=O)COc1ccc(O)cc1)C(=O)O. The molecule has 0 aromatic heterocycles. The van der Waals surface area contributed by atoms with Gasteiger partial charge < -0.3 is 20.3 Å². The van der Waals surface area contributed by atoms with Crippen molar-refractivity contribution in [3.05, 3.63) is 24.3 Å². The van der Waals surface area contributed by atoms with Gasteiger partial charge in [0.2, 0.25) is 0 Å². The van der Waals surface area contributed by atoms with E-state index < -0.39 is 17.9 Å². The van der Waals surface area contributed by atoms with Crippen molar-refractivity contribution in [2.45, 2.75) is 26.3 Å². The van der Waals surface area contributed by atoms with Gasteiger partial charge in [0, 0.05) is 0 Å². The fourth-order valence-corrected chi connectivity index (χ4v) is 1.59. The third kappa shape index (κ3) is 4.79. The van der Waals surface area contributed by atoms with E-state index in [1.807, 2.05) is 6.92 Å². The Kier molecular flexibility index (Phi) is 5.83. The van der Waals surface area contributed by atoms with Crippen LogP contribution >= 0.6 is 0 Å². The number of nitrogens with one attached hydrogen (secondary N) is 1. The Labute approximate surface area is 117 Å². The summed E-state index contributed by atoms with van der Waals surface area (Å²) in [5, 5.41) is 20.6. The number of hydrogen-bond acceptors (Lipinski definition) is 4. The fraction of sp³-hybridized carbons (Fsp3) is 0.429. The maximum absolute atomic E-state index is 11.7. The Hall–Kier alpha value is -2.24. The van der Waals surface area contributed by atoms with Crippen LogP contribution in [0.2, 0.25) is 0 Å². The van der Waals surface area contributed by atoms with Crippen molar-refractivity contribution in [3.8, 4) is 11.5 Å². The molecule has 0 heterocycles. The number of amides is 1. The van der Waals surface area contributed by atoms with E-state index in [1.165, 1.54) is 24.3 Å². The van der Waals surface area contributed by atoms with Crippen LogP contribution < -0.4 is 10.1 Å². The van der Waals surface area contributed by atoms with Crippen molar-refractivity contribution in [1.82, 2.24) is 5.32 Å². The summed E-state index contributed by atoms with van der Waals surface area (Å²) in [4.78, 5) is 22.7. The number of phenolic OH excluding ortho intramolecular Hbond substituents is 1. The molecule has 0 saturated carbocycles. The van der Waals surface area contributed by atoms with Gasteiger partial charge in [-0.3, -0.25) is 4.79 Å². The predicted molar refractivity (Wildman–Crippen MR) is 72.6 cm³/mol. The number of carboxylic acids is 1. The van der Waals surface area contributed by atoms with Crippen LogP contribution in [0.25, 0.3) is 0 Å². The highest BCUT2D eigenvalue weighted by Crippen LogP contribution is 2.15. The fourth-order valence-electron chi connectivity index (χ4n) is 1.59. The van der Waals surface area contributed by atoms with Crippen LogP contribution in [-0.2, 0) is 9.59 Å². The van der Waals surface area contributed by atoms with Gasteiger partial charge in [-0.05, 0) is 30.2 Å². The lowest BCUT2D eigenvalue weighted by Gasteiger charge is -2.20. The minimum absolute atomic E-state index is 0.101. The van der Waals surface area contributed by atoms with Crippen molar-refractivity contribution in [2.75, 3.05) is 6.61 Å².